The molecule has 0 aromatic heterocycles. The molecule has 138 valence electrons. The summed E-state index contributed by atoms with van der Waals surface area (Å²) in [5, 5.41) is 3.52. The van der Waals surface area contributed by atoms with Crippen molar-refractivity contribution < 1.29 is 0 Å². The molecular formula is C20H43N3. The molecule has 0 amide bonds. The molecule has 3 nitrogen and oxygen atoms in total. The molecule has 3 saturated heterocycles. The first-order valence-corrected chi connectivity index (χ1v) is 10.5. The van der Waals surface area contributed by atoms with Crippen molar-refractivity contribution in [3.8, 4) is 0 Å². The van der Waals surface area contributed by atoms with Gasteiger partial charge in [0.25, 0.3) is 0 Å². The second-order valence-corrected chi connectivity index (χ2v) is 6.95. The smallest absolute Gasteiger partial charge is 0.0120 e. The van der Waals surface area contributed by atoms with Crippen molar-refractivity contribution in [1.82, 2.24) is 15.1 Å². The van der Waals surface area contributed by atoms with Gasteiger partial charge in [-0.05, 0) is 89.8 Å². The molecule has 0 unspecified atom stereocenters. The maximum atomic E-state index is 3.52. The topological polar surface area (TPSA) is 18.5 Å². The maximum absolute atomic E-state index is 3.52. The van der Waals surface area contributed by atoms with Gasteiger partial charge in [0.2, 0.25) is 0 Å². The van der Waals surface area contributed by atoms with E-state index in [4.69, 9.17) is 0 Å². The average molecular weight is 326 g/mol. The SMILES string of the molecule is CC.CC.CCN1CCC(N2CCC3(CCNCC3)CC2)CC1. The van der Waals surface area contributed by atoms with Crippen LogP contribution in [0.3, 0.4) is 0 Å². The summed E-state index contributed by atoms with van der Waals surface area (Å²) in [6.07, 6.45) is 8.58. The van der Waals surface area contributed by atoms with Crippen LogP contribution in [-0.4, -0.2) is 61.7 Å². The molecule has 0 aromatic carbocycles. The lowest BCUT2D eigenvalue weighted by atomic mass is 9.71. The quantitative estimate of drug-likeness (QED) is 0.828. The number of nitrogens with one attached hydrogen (secondary N) is 1. The third kappa shape index (κ3) is 6.03. The minimum atomic E-state index is 0.714. The highest BCUT2D eigenvalue weighted by Crippen LogP contribution is 2.40. The molecule has 3 rings (SSSR count). The van der Waals surface area contributed by atoms with Gasteiger partial charge in [-0.25, -0.2) is 0 Å². The fourth-order valence-electron chi connectivity index (χ4n) is 4.42. The van der Waals surface area contributed by atoms with Gasteiger partial charge in [-0.1, -0.05) is 34.6 Å². The summed E-state index contributed by atoms with van der Waals surface area (Å²) < 4.78 is 0. The van der Waals surface area contributed by atoms with E-state index in [0.29, 0.717) is 5.41 Å². The van der Waals surface area contributed by atoms with Crippen LogP contribution in [0, 0.1) is 5.41 Å². The van der Waals surface area contributed by atoms with Gasteiger partial charge < -0.3 is 15.1 Å². The Bertz CT molecular complexity index is 269. The Morgan fingerprint density at radius 3 is 1.83 bits per heavy atom. The van der Waals surface area contributed by atoms with Gasteiger partial charge in [-0.15, -0.1) is 0 Å². The zero-order valence-corrected chi connectivity index (χ0v) is 16.7. The van der Waals surface area contributed by atoms with Crippen LogP contribution in [0.15, 0.2) is 0 Å². The van der Waals surface area contributed by atoms with E-state index in [1.165, 1.54) is 84.3 Å². The predicted molar refractivity (Wildman–Crippen MR) is 103 cm³/mol. The lowest BCUT2D eigenvalue weighted by Gasteiger charge is -2.48. The first-order chi connectivity index (χ1) is 11.3. The third-order valence-corrected chi connectivity index (χ3v) is 6.04. The van der Waals surface area contributed by atoms with Crippen LogP contribution < -0.4 is 5.32 Å². The summed E-state index contributed by atoms with van der Waals surface area (Å²) in [6.45, 7) is 19.4. The summed E-state index contributed by atoms with van der Waals surface area (Å²) in [5.41, 5.74) is 0.714. The van der Waals surface area contributed by atoms with Crippen molar-refractivity contribution in [1.29, 1.82) is 0 Å². The number of nitrogens with zero attached hydrogens (tertiary/aromatic N) is 2. The zero-order valence-electron chi connectivity index (χ0n) is 16.7. The van der Waals surface area contributed by atoms with E-state index in [1.807, 2.05) is 27.7 Å². The molecule has 0 saturated carbocycles. The summed E-state index contributed by atoms with van der Waals surface area (Å²) in [7, 11) is 0. The van der Waals surface area contributed by atoms with Gasteiger partial charge in [0.05, 0.1) is 0 Å². The molecule has 3 aliphatic rings. The van der Waals surface area contributed by atoms with E-state index in [2.05, 4.69) is 22.0 Å². The third-order valence-electron chi connectivity index (χ3n) is 6.04. The molecule has 3 aliphatic heterocycles. The number of piperidine rings is 3. The van der Waals surface area contributed by atoms with Gasteiger partial charge in [0, 0.05) is 6.04 Å². The lowest BCUT2D eigenvalue weighted by molar-refractivity contribution is 0.0290. The number of rotatable bonds is 2. The van der Waals surface area contributed by atoms with Crippen molar-refractivity contribution in [2.75, 3.05) is 45.8 Å². The largest absolute Gasteiger partial charge is 0.317 e. The van der Waals surface area contributed by atoms with Gasteiger partial charge in [0.15, 0.2) is 0 Å². The molecule has 0 aromatic rings. The average Bonchev–Trinajstić information content (AvgIpc) is 2.66. The number of hydrogen-bond donors (Lipinski definition) is 1. The molecule has 0 atom stereocenters. The molecule has 3 fully saturated rings. The highest BCUT2D eigenvalue weighted by atomic mass is 15.2. The van der Waals surface area contributed by atoms with E-state index in [0.717, 1.165) is 6.04 Å². The normalized spacial score (nSPS) is 26.0. The number of likely N-dealkylation sites (tertiary alicyclic amines) is 2. The zero-order chi connectivity index (χ0) is 17.1. The van der Waals surface area contributed by atoms with Gasteiger partial charge in [0.1, 0.15) is 0 Å². The minimum absolute atomic E-state index is 0.714. The number of hydrogen-bond acceptors (Lipinski definition) is 3. The summed E-state index contributed by atoms with van der Waals surface area (Å²) in [6, 6.07) is 0.891. The molecule has 23 heavy (non-hydrogen) atoms. The molecule has 1 spiro atoms. The van der Waals surface area contributed by atoms with E-state index in [1.54, 1.807) is 0 Å². The Hall–Kier alpha value is -0.120. The van der Waals surface area contributed by atoms with E-state index in [-0.39, 0.29) is 0 Å². The van der Waals surface area contributed by atoms with E-state index >= 15 is 0 Å². The maximum Gasteiger partial charge on any atom is 0.0120 e. The van der Waals surface area contributed by atoms with Crippen molar-refractivity contribution >= 4 is 0 Å². The highest BCUT2D eigenvalue weighted by Gasteiger charge is 2.37. The first kappa shape index (κ1) is 20.9. The predicted octanol–water partition coefficient (Wildman–Crippen LogP) is 3.99. The summed E-state index contributed by atoms with van der Waals surface area (Å²) in [4.78, 5) is 5.43. The summed E-state index contributed by atoms with van der Waals surface area (Å²) in [5.74, 6) is 0. The highest BCUT2D eigenvalue weighted by molar-refractivity contribution is 4.92. The first-order valence-electron chi connectivity index (χ1n) is 10.5. The Balaban J connectivity index is 0.000000615. The van der Waals surface area contributed by atoms with Crippen LogP contribution in [0.25, 0.3) is 0 Å². The van der Waals surface area contributed by atoms with E-state index in [9.17, 15) is 0 Å². The van der Waals surface area contributed by atoms with Gasteiger partial charge in [-0.2, -0.15) is 0 Å². The fraction of sp³-hybridized carbons (Fsp3) is 1.00. The van der Waals surface area contributed by atoms with Crippen LogP contribution >= 0.6 is 0 Å². The van der Waals surface area contributed by atoms with E-state index < -0.39 is 0 Å². The molecular weight excluding hydrogens is 282 g/mol. The second-order valence-electron chi connectivity index (χ2n) is 6.95. The van der Waals surface area contributed by atoms with Gasteiger partial charge in [-0.3, -0.25) is 0 Å². The van der Waals surface area contributed by atoms with Crippen molar-refractivity contribution in [2.45, 2.75) is 79.2 Å². The van der Waals surface area contributed by atoms with Gasteiger partial charge >= 0.3 is 0 Å². The molecule has 0 radical (unpaired) electrons. The van der Waals surface area contributed by atoms with Crippen LogP contribution in [0.4, 0.5) is 0 Å². The Morgan fingerprint density at radius 2 is 1.35 bits per heavy atom. The van der Waals surface area contributed by atoms with Crippen LogP contribution in [0.2, 0.25) is 0 Å². The standard InChI is InChI=1S/C16H31N3.2C2H6/c1-2-18-11-3-15(4-12-18)19-13-7-16(8-14-19)5-9-17-10-6-16;2*1-2/h15,17H,2-14H2,1H3;2*1-2H3. The van der Waals surface area contributed by atoms with Crippen LogP contribution in [0.5, 0.6) is 0 Å². The van der Waals surface area contributed by atoms with Crippen molar-refractivity contribution in [2.24, 2.45) is 5.41 Å². The van der Waals surface area contributed by atoms with Crippen molar-refractivity contribution in [3.63, 3.8) is 0 Å². The Morgan fingerprint density at radius 1 is 0.826 bits per heavy atom. The van der Waals surface area contributed by atoms with Crippen molar-refractivity contribution in [3.05, 3.63) is 0 Å². The van der Waals surface area contributed by atoms with Crippen LogP contribution in [-0.2, 0) is 0 Å². The Labute approximate surface area is 146 Å². The fourth-order valence-corrected chi connectivity index (χ4v) is 4.42. The lowest BCUT2D eigenvalue weighted by Crippen LogP contribution is -2.51. The molecule has 0 aliphatic carbocycles. The monoisotopic (exact) mass is 325 g/mol. The molecule has 1 N–H and O–H groups in total. The summed E-state index contributed by atoms with van der Waals surface area (Å²) >= 11 is 0. The Kier molecular flexibility index (Phi) is 10.4. The minimum Gasteiger partial charge on any atom is -0.317 e. The van der Waals surface area contributed by atoms with Crippen LogP contribution in [0.1, 0.15) is 73.1 Å². The molecule has 3 heteroatoms. The molecule has 0 bridgehead atoms. The second kappa shape index (κ2) is 11.4. The molecule has 3 heterocycles.